The zero-order valence-electron chi connectivity index (χ0n) is 18.2. The minimum atomic E-state index is -4.50. The smallest absolute Gasteiger partial charge is 0.416 e. The summed E-state index contributed by atoms with van der Waals surface area (Å²) < 4.78 is 38.5. The van der Waals surface area contributed by atoms with E-state index in [-0.39, 0.29) is 28.6 Å². The molecule has 33 heavy (non-hydrogen) atoms. The van der Waals surface area contributed by atoms with Crippen LogP contribution in [0, 0.1) is 0 Å². The van der Waals surface area contributed by atoms with E-state index in [1.165, 1.54) is 6.07 Å². The van der Waals surface area contributed by atoms with Crippen LogP contribution in [0.5, 0.6) is 5.88 Å². The average Bonchev–Trinajstić information content (AvgIpc) is 2.73. The summed E-state index contributed by atoms with van der Waals surface area (Å²) in [6.45, 7) is 6.09. The van der Waals surface area contributed by atoms with Crippen molar-refractivity contribution in [1.29, 1.82) is 0 Å². The second kappa shape index (κ2) is 9.32. The number of alkyl halides is 3. The highest BCUT2D eigenvalue weighted by atomic mass is 19.4. The SMILES string of the molecule is CC(C)(C)c1ccccc1N/C(=N/C(=O)c1ccc(C(F)(F)F)cc1)Nc1cccc(O)n1. The van der Waals surface area contributed by atoms with Crippen LogP contribution in [0.3, 0.4) is 0 Å². The molecule has 2 aromatic carbocycles. The second-order valence-electron chi connectivity index (χ2n) is 8.27. The quantitative estimate of drug-likeness (QED) is 0.341. The van der Waals surface area contributed by atoms with Gasteiger partial charge in [0.05, 0.1) is 5.56 Å². The minimum Gasteiger partial charge on any atom is -0.493 e. The Morgan fingerprint density at radius 3 is 2.18 bits per heavy atom. The van der Waals surface area contributed by atoms with Gasteiger partial charge in [-0.3, -0.25) is 4.79 Å². The zero-order chi connectivity index (χ0) is 24.2. The van der Waals surface area contributed by atoms with Gasteiger partial charge in [0, 0.05) is 17.3 Å². The lowest BCUT2D eigenvalue weighted by molar-refractivity contribution is -0.137. The Bertz CT molecular complexity index is 1170. The van der Waals surface area contributed by atoms with Crippen LogP contribution < -0.4 is 10.6 Å². The number of halogens is 3. The Balaban J connectivity index is 1.97. The highest BCUT2D eigenvalue weighted by molar-refractivity contribution is 6.11. The van der Waals surface area contributed by atoms with E-state index in [4.69, 9.17) is 0 Å². The average molecular weight is 456 g/mol. The molecule has 0 bridgehead atoms. The Morgan fingerprint density at radius 2 is 1.58 bits per heavy atom. The van der Waals surface area contributed by atoms with Gasteiger partial charge in [-0.05, 0) is 47.4 Å². The summed E-state index contributed by atoms with van der Waals surface area (Å²) in [4.78, 5) is 20.7. The number of benzene rings is 2. The van der Waals surface area contributed by atoms with Gasteiger partial charge in [0.15, 0.2) is 0 Å². The van der Waals surface area contributed by atoms with E-state index in [0.29, 0.717) is 5.69 Å². The van der Waals surface area contributed by atoms with Crippen molar-refractivity contribution >= 4 is 23.4 Å². The number of aromatic hydroxyl groups is 1. The number of carbonyl (C=O) groups excluding carboxylic acids is 1. The van der Waals surface area contributed by atoms with E-state index in [1.807, 2.05) is 45.0 Å². The second-order valence-corrected chi connectivity index (χ2v) is 8.27. The predicted octanol–water partition coefficient (Wildman–Crippen LogP) is 5.82. The number of pyridine rings is 1. The van der Waals surface area contributed by atoms with Crippen molar-refractivity contribution in [2.75, 3.05) is 10.6 Å². The number of amides is 1. The third kappa shape index (κ3) is 6.31. The van der Waals surface area contributed by atoms with Crippen molar-refractivity contribution in [2.45, 2.75) is 32.4 Å². The van der Waals surface area contributed by atoms with Crippen LogP contribution in [0.1, 0.15) is 42.3 Å². The van der Waals surface area contributed by atoms with Crippen LogP contribution >= 0.6 is 0 Å². The highest BCUT2D eigenvalue weighted by Crippen LogP contribution is 2.30. The molecular weight excluding hydrogens is 433 g/mol. The van der Waals surface area contributed by atoms with E-state index in [9.17, 15) is 23.1 Å². The maximum absolute atomic E-state index is 12.8. The fourth-order valence-corrected chi connectivity index (χ4v) is 3.04. The van der Waals surface area contributed by atoms with Crippen LogP contribution in [0.2, 0.25) is 0 Å². The lowest BCUT2D eigenvalue weighted by atomic mass is 9.86. The number of carbonyl (C=O) groups is 1. The van der Waals surface area contributed by atoms with Crippen LogP contribution in [-0.2, 0) is 11.6 Å². The Kier molecular flexibility index (Phi) is 6.71. The van der Waals surface area contributed by atoms with E-state index in [1.54, 1.807) is 12.1 Å². The molecule has 172 valence electrons. The van der Waals surface area contributed by atoms with E-state index >= 15 is 0 Å². The molecule has 1 amide bonds. The first-order valence-corrected chi connectivity index (χ1v) is 10.0. The van der Waals surface area contributed by atoms with E-state index in [0.717, 1.165) is 29.8 Å². The highest BCUT2D eigenvalue weighted by Gasteiger charge is 2.30. The molecule has 0 aliphatic rings. The lowest BCUT2D eigenvalue weighted by Gasteiger charge is -2.24. The van der Waals surface area contributed by atoms with Gasteiger partial charge in [-0.2, -0.15) is 23.1 Å². The number of hydrogen-bond donors (Lipinski definition) is 3. The number of nitrogens with one attached hydrogen (secondary N) is 2. The zero-order valence-corrected chi connectivity index (χ0v) is 18.2. The Morgan fingerprint density at radius 1 is 0.909 bits per heavy atom. The van der Waals surface area contributed by atoms with Gasteiger partial charge >= 0.3 is 6.18 Å². The van der Waals surface area contributed by atoms with Crippen LogP contribution in [0.15, 0.2) is 71.7 Å². The van der Waals surface area contributed by atoms with Crippen molar-refractivity contribution in [3.8, 4) is 5.88 Å². The molecule has 0 radical (unpaired) electrons. The summed E-state index contributed by atoms with van der Waals surface area (Å²) in [5.41, 5.74) is 0.525. The Labute approximate surface area is 189 Å². The van der Waals surface area contributed by atoms with Crippen LogP contribution in [0.25, 0.3) is 0 Å². The van der Waals surface area contributed by atoms with Crippen molar-refractivity contribution in [2.24, 2.45) is 4.99 Å². The number of anilines is 2. The van der Waals surface area contributed by atoms with Crippen LogP contribution in [0.4, 0.5) is 24.7 Å². The summed E-state index contributed by atoms with van der Waals surface area (Å²) in [7, 11) is 0. The number of hydrogen-bond acceptors (Lipinski definition) is 3. The molecule has 6 nitrogen and oxygen atoms in total. The normalized spacial score (nSPS) is 12.4. The van der Waals surface area contributed by atoms with Gasteiger partial charge in [-0.15, -0.1) is 0 Å². The van der Waals surface area contributed by atoms with Gasteiger partial charge in [0.25, 0.3) is 5.91 Å². The lowest BCUT2D eigenvalue weighted by Crippen LogP contribution is -2.26. The number of para-hydroxylation sites is 1. The largest absolute Gasteiger partial charge is 0.493 e. The molecular formula is C24H23F3N4O2. The predicted molar refractivity (Wildman–Crippen MR) is 121 cm³/mol. The molecule has 0 unspecified atom stereocenters. The van der Waals surface area contributed by atoms with Gasteiger partial charge < -0.3 is 15.7 Å². The summed E-state index contributed by atoms with van der Waals surface area (Å²) in [6, 6.07) is 15.8. The first kappa shape index (κ1) is 23.8. The molecule has 0 fully saturated rings. The third-order valence-corrected chi connectivity index (χ3v) is 4.64. The number of rotatable bonds is 3. The monoisotopic (exact) mass is 456 g/mol. The molecule has 0 spiro atoms. The molecule has 0 atom stereocenters. The summed E-state index contributed by atoms with van der Waals surface area (Å²) in [6.07, 6.45) is -4.50. The minimum absolute atomic E-state index is 0.00491. The standard InChI is InChI=1S/C24H23F3N4O2/c1-23(2,3)17-7-4-5-8-18(17)28-22(30-19-9-6-10-20(32)29-19)31-21(33)15-11-13-16(14-12-15)24(25,26)27/h4-14H,1-3H3,(H3,28,29,30,31,32,33). The Hall–Kier alpha value is -3.88. The van der Waals surface area contributed by atoms with Gasteiger partial charge in [0.1, 0.15) is 5.82 Å². The molecule has 0 saturated heterocycles. The topological polar surface area (TPSA) is 86.6 Å². The van der Waals surface area contributed by atoms with Crippen LogP contribution in [-0.4, -0.2) is 22.0 Å². The molecule has 1 heterocycles. The van der Waals surface area contributed by atoms with Gasteiger partial charge in [0.2, 0.25) is 11.8 Å². The fraction of sp³-hybridized carbons (Fsp3) is 0.208. The molecule has 3 rings (SSSR count). The van der Waals surface area contributed by atoms with E-state index < -0.39 is 17.6 Å². The number of guanidine groups is 1. The molecule has 9 heteroatoms. The molecule has 3 N–H and O–H groups in total. The maximum Gasteiger partial charge on any atom is 0.416 e. The number of nitrogens with zero attached hydrogens (tertiary/aromatic N) is 2. The van der Waals surface area contributed by atoms with E-state index in [2.05, 4.69) is 20.6 Å². The number of aromatic nitrogens is 1. The number of aliphatic imine (C=N–C) groups is 1. The summed E-state index contributed by atoms with van der Waals surface area (Å²) in [5, 5.41) is 15.6. The molecule has 0 saturated carbocycles. The van der Waals surface area contributed by atoms with Crippen molar-refractivity contribution < 1.29 is 23.1 Å². The van der Waals surface area contributed by atoms with Crippen molar-refractivity contribution in [3.63, 3.8) is 0 Å². The molecule has 1 aromatic heterocycles. The first-order valence-electron chi connectivity index (χ1n) is 10.0. The molecule has 0 aliphatic heterocycles. The van der Waals surface area contributed by atoms with Gasteiger partial charge in [-0.25, -0.2) is 0 Å². The summed E-state index contributed by atoms with van der Waals surface area (Å²) in [5.74, 6) is -0.778. The van der Waals surface area contributed by atoms with Crippen molar-refractivity contribution in [1.82, 2.24) is 4.98 Å². The third-order valence-electron chi connectivity index (χ3n) is 4.64. The fourth-order valence-electron chi connectivity index (χ4n) is 3.04. The first-order chi connectivity index (χ1) is 15.4. The molecule has 0 aliphatic carbocycles. The molecule has 3 aromatic rings. The van der Waals surface area contributed by atoms with Crippen molar-refractivity contribution in [3.05, 3.63) is 83.4 Å². The summed E-state index contributed by atoms with van der Waals surface area (Å²) >= 11 is 0. The van der Waals surface area contributed by atoms with Gasteiger partial charge in [-0.1, -0.05) is 45.0 Å². The maximum atomic E-state index is 12.8.